The molecule has 2 heteroatoms. The van der Waals surface area contributed by atoms with E-state index in [0.29, 0.717) is 5.92 Å². The van der Waals surface area contributed by atoms with Crippen LogP contribution in [0.5, 0.6) is 0 Å². The van der Waals surface area contributed by atoms with Crippen LogP contribution in [0.3, 0.4) is 0 Å². The van der Waals surface area contributed by atoms with Gasteiger partial charge in [0.05, 0.1) is 0 Å². The fraction of sp³-hybridized carbons (Fsp3) is 0.250. The monoisotopic (exact) mass is 356 g/mol. The molecule has 1 unspecified atom stereocenters. The molecule has 0 nitrogen and oxygen atoms in total. The second kappa shape index (κ2) is 12.0. The summed E-state index contributed by atoms with van der Waals surface area (Å²) in [4.78, 5) is 0. The molecule has 0 heterocycles. The van der Waals surface area contributed by atoms with E-state index in [2.05, 4.69) is 53.3 Å². The van der Waals surface area contributed by atoms with Gasteiger partial charge >= 0.3 is 0 Å². The van der Waals surface area contributed by atoms with Crippen LogP contribution < -0.4 is 0 Å². The number of hydrogen-bond donors (Lipinski definition) is 0. The van der Waals surface area contributed by atoms with Gasteiger partial charge < -0.3 is 0 Å². The number of unbranched alkanes of at least 4 members (excludes halogenated alkanes) is 1. The van der Waals surface area contributed by atoms with E-state index in [-0.39, 0.29) is 22.3 Å². The third kappa shape index (κ3) is 7.60. The average molecular weight is 357 g/mol. The molecule has 0 aromatic rings. The van der Waals surface area contributed by atoms with Crippen molar-refractivity contribution in [3.8, 4) is 0 Å². The second-order valence-corrected chi connectivity index (χ2v) is 6.18. The van der Waals surface area contributed by atoms with Gasteiger partial charge in [0.15, 0.2) is 11.7 Å². The summed E-state index contributed by atoms with van der Waals surface area (Å²) in [5.41, 5.74) is 1.18. The van der Waals surface area contributed by atoms with Crippen LogP contribution >= 0.6 is 0 Å². The lowest BCUT2D eigenvalue weighted by Gasteiger charge is -2.11. The topological polar surface area (TPSA) is 0 Å². The minimum Gasteiger partial charge on any atom is -0.203 e. The van der Waals surface area contributed by atoms with Crippen LogP contribution in [0.1, 0.15) is 33.1 Å². The van der Waals surface area contributed by atoms with E-state index in [0.717, 1.165) is 24.8 Å². The molecule has 0 saturated carbocycles. The largest absolute Gasteiger partial charge is 0.203 e. The van der Waals surface area contributed by atoms with Crippen molar-refractivity contribution in [1.82, 2.24) is 0 Å². The predicted octanol–water partition coefficient (Wildman–Crippen LogP) is 8.04. The van der Waals surface area contributed by atoms with Gasteiger partial charge in [-0.2, -0.15) is 0 Å². The SMILES string of the molecule is C=C/C=C\C(=C)C(=C)/C(F)=C(/F)C(=C)C(=C)/C=C\C(=C)C(C)CCCC. The number of rotatable bonds is 12. The minimum absolute atomic E-state index is 0.130. The van der Waals surface area contributed by atoms with Gasteiger partial charge in [-0.25, -0.2) is 8.78 Å². The maximum atomic E-state index is 14.4. The number of hydrogen-bond acceptors (Lipinski definition) is 0. The van der Waals surface area contributed by atoms with Gasteiger partial charge in [0.1, 0.15) is 0 Å². The summed E-state index contributed by atoms with van der Waals surface area (Å²) in [5.74, 6) is -1.87. The maximum absolute atomic E-state index is 14.4. The van der Waals surface area contributed by atoms with E-state index < -0.39 is 11.7 Å². The van der Waals surface area contributed by atoms with E-state index in [1.54, 1.807) is 18.2 Å². The van der Waals surface area contributed by atoms with Gasteiger partial charge in [-0.1, -0.05) is 102 Å². The highest BCUT2D eigenvalue weighted by molar-refractivity contribution is 5.55. The summed E-state index contributed by atoms with van der Waals surface area (Å²) in [6.45, 7) is 26.3. The van der Waals surface area contributed by atoms with Gasteiger partial charge in [0.2, 0.25) is 0 Å². The van der Waals surface area contributed by atoms with Crippen molar-refractivity contribution in [2.24, 2.45) is 5.92 Å². The first-order valence-corrected chi connectivity index (χ1v) is 8.65. The van der Waals surface area contributed by atoms with Crippen LogP contribution in [-0.2, 0) is 0 Å². The summed E-state index contributed by atoms with van der Waals surface area (Å²) in [7, 11) is 0. The Kier molecular flexibility index (Phi) is 10.8. The van der Waals surface area contributed by atoms with E-state index in [4.69, 9.17) is 0 Å². The Morgan fingerprint density at radius 2 is 1.38 bits per heavy atom. The molecule has 0 radical (unpaired) electrons. The summed E-state index contributed by atoms with van der Waals surface area (Å²) in [5, 5.41) is 0. The molecule has 26 heavy (non-hydrogen) atoms. The highest BCUT2D eigenvalue weighted by Crippen LogP contribution is 2.29. The molecule has 0 aliphatic carbocycles. The second-order valence-electron chi connectivity index (χ2n) is 6.18. The smallest absolute Gasteiger partial charge is 0.166 e. The normalized spacial score (nSPS) is 13.4. The number of allylic oxidation sites excluding steroid dienone is 12. The third-order valence-corrected chi connectivity index (χ3v) is 4.05. The molecule has 0 saturated heterocycles. The molecule has 140 valence electrons. The molecule has 0 aliphatic rings. The lowest BCUT2D eigenvalue weighted by molar-refractivity contribution is 0.560. The molecule has 0 aromatic heterocycles. The molecule has 0 spiro atoms. The molecular formula is C24H30F2. The molecule has 0 amide bonds. The van der Waals surface area contributed by atoms with Gasteiger partial charge in [-0.3, -0.25) is 0 Å². The van der Waals surface area contributed by atoms with Gasteiger partial charge in [0.25, 0.3) is 0 Å². The number of halogens is 2. The van der Waals surface area contributed by atoms with Crippen molar-refractivity contribution in [1.29, 1.82) is 0 Å². The van der Waals surface area contributed by atoms with Crippen LogP contribution in [-0.4, -0.2) is 0 Å². The van der Waals surface area contributed by atoms with Crippen molar-refractivity contribution in [2.45, 2.75) is 33.1 Å². The molecule has 0 fully saturated rings. The Labute approximate surface area is 157 Å². The zero-order valence-electron chi connectivity index (χ0n) is 16.1. The first kappa shape index (κ1) is 23.5. The van der Waals surface area contributed by atoms with Gasteiger partial charge in [-0.05, 0) is 23.5 Å². The molecule has 0 bridgehead atoms. The van der Waals surface area contributed by atoms with Gasteiger partial charge in [0, 0.05) is 11.1 Å². The van der Waals surface area contributed by atoms with Crippen LogP contribution in [0.2, 0.25) is 0 Å². The molecule has 1 atom stereocenters. The summed E-state index contributed by atoms with van der Waals surface area (Å²) < 4.78 is 28.7. The van der Waals surface area contributed by atoms with Crippen LogP contribution in [0.15, 0.2) is 109 Å². The zero-order chi connectivity index (χ0) is 20.3. The van der Waals surface area contributed by atoms with Crippen LogP contribution in [0.25, 0.3) is 0 Å². The zero-order valence-corrected chi connectivity index (χ0v) is 16.1. The lowest BCUT2D eigenvalue weighted by atomic mass is 9.95. The van der Waals surface area contributed by atoms with Crippen molar-refractivity contribution in [3.05, 3.63) is 109 Å². The Morgan fingerprint density at radius 1 is 0.885 bits per heavy atom. The fourth-order valence-corrected chi connectivity index (χ4v) is 2.00. The molecule has 0 aliphatic heterocycles. The first-order chi connectivity index (χ1) is 12.2. The molecular weight excluding hydrogens is 326 g/mol. The Bertz CT molecular complexity index is 681. The summed E-state index contributed by atoms with van der Waals surface area (Å²) >= 11 is 0. The Morgan fingerprint density at radius 3 is 1.85 bits per heavy atom. The van der Waals surface area contributed by atoms with Gasteiger partial charge in [-0.15, -0.1) is 0 Å². The fourth-order valence-electron chi connectivity index (χ4n) is 2.00. The van der Waals surface area contributed by atoms with Crippen LogP contribution in [0.4, 0.5) is 8.78 Å². The quantitative estimate of drug-likeness (QED) is 0.310. The third-order valence-electron chi connectivity index (χ3n) is 4.05. The Balaban J connectivity index is 5.12. The van der Waals surface area contributed by atoms with Crippen molar-refractivity contribution >= 4 is 0 Å². The van der Waals surface area contributed by atoms with E-state index >= 15 is 0 Å². The van der Waals surface area contributed by atoms with E-state index in [9.17, 15) is 8.78 Å². The highest BCUT2D eigenvalue weighted by atomic mass is 19.2. The standard InChI is InChI=1S/C24H30F2/c1-9-11-13-17(3)18(4)15-16-20(6)22(8)24(26)23(25)21(7)19(5)14-12-10-2/h10,12,14-17H,2,4-9,11,13H2,1,3H3/b14-12-,16-15-,24-23-. The van der Waals surface area contributed by atoms with Crippen molar-refractivity contribution < 1.29 is 8.78 Å². The lowest BCUT2D eigenvalue weighted by Crippen LogP contribution is -1.96. The molecule has 0 N–H and O–H groups in total. The molecule has 0 aromatic carbocycles. The Hall–Kier alpha value is -2.48. The van der Waals surface area contributed by atoms with Crippen LogP contribution in [0, 0.1) is 5.92 Å². The first-order valence-electron chi connectivity index (χ1n) is 8.65. The highest BCUT2D eigenvalue weighted by Gasteiger charge is 2.15. The maximum Gasteiger partial charge on any atom is 0.166 e. The molecule has 0 rings (SSSR count). The minimum atomic E-state index is -1.10. The van der Waals surface area contributed by atoms with E-state index in [1.807, 2.05) is 0 Å². The summed E-state index contributed by atoms with van der Waals surface area (Å²) in [6.07, 6.45) is 11.2. The van der Waals surface area contributed by atoms with E-state index in [1.165, 1.54) is 12.2 Å². The van der Waals surface area contributed by atoms with Crippen molar-refractivity contribution in [2.75, 3.05) is 0 Å². The predicted molar refractivity (Wildman–Crippen MR) is 112 cm³/mol. The summed E-state index contributed by atoms with van der Waals surface area (Å²) in [6, 6.07) is 0. The van der Waals surface area contributed by atoms with Crippen molar-refractivity contribution in [3.63, 3.8) is 0 Å². The average Bonchev–Trinajstić information content (AvgIpc) is 2.65.